The van der Waals surface area contributed by atoms with Gasteiger partial charge >= 0.3 is 0 Å². The summed E-state index contributed by atoms with van der Waals surface area (Å²) in [5.74, 6) is 0.485. The van der Waals surface area contributed by atoms with Gasteiger partial charge in [0.1, 0.15) is 0 Å². The summed E-state index contributed by atoms with van der Waals surface area (Å²) >= 11 is 0. The normalized spacial score (nSPS) is 11.4. The van der Waals surface area contributed by atoms with Gasteiger partial charge < -0.3 is 0 Å². The molecule has 0 saturated heterocycles. The second-order valence-electron chi connectivity index (χ2n) is 2.55. The molecule has 3 heteroatoms. The Morgan fingerprint density at radius 1 is 1.50 bits per heavy atom. The van der Waals surface area contributed by atoms with E-state index in [1.807, 2.05) is 36.7 Å². The molecule has 0 spiro atoms. The van der Waals surface area contributed by atoms with Gasteiger partial charge in [-0.2, -0.15) is 0 Å². The van der Waals surface area contributed by atoms with Crippen molar-refractivity contribution in [1.29, 1.82) is 0 Å². The van der Waals surface area contributed by atoms with Crippen LogP contribution in [-0.4, -0.2) is 18.1 Å². The highest BCUT2D eigenvalue weighted by molar-refractivity contribution is 5.97. The summed E-state index contributed by atoms with van der Waals surface area (Å²) in [6.07, 6.45) is 0. The average molecular weight is 164 g/mol. The Hall–Kier alpha value is -1.35. The van der Waals surface area contributed by atoms with E-state index < -0.39 is 0 Å². The standard InChI is InChI=1S/C9H12N2O/c1-7-4-3-5-8(6-7)9(10-2)11-12/h3-6,12H,1-2H3,(H,10,11). The SMILES string of the molecule is CN=C(NO)c1cccc(C)c1. The van der Waals surface area contributed by atoms with Crippen LogP contribution in [0.5, 0.6) is 0 Å². The highest BCUT2D eigenvalue weighted by Crippen LogP contribution is 2.03. The predicted octanol–water partition coefficient (Wildman–Crippen LogP) is 1.35. The number of hydroxylamine groups is 1. The van der Waals surface area contributed by atoms with E-state index in [2.05, 4.69) is 4.99 Å². The number of benzene rings is 1. The van der Waals surface area contributed by atoms with Crippen LogP contribution in [0.4, 0.5) is 0 Å². The van der Waals surface area contributed by atoms with E-state index in [0.717, 1.165) is 11.1 Å². The van der Waals surface area contributed by atoms with Gasteiger partial charge in [0.15, 0.2) is 5.84 Å². The smallest absolute Gasteiger partial charge is 0.151 e. The monoisotopic (exact) mass is 164 g/mol. The molecule has 0 aliphatic carbocycles. The Bertz CT molecular complexity index is 294. The second kappa shape index (κ2) is 3.88. The van der Waals surface area contributed by atoms with Crippen molar-refractivity contribution in [2.75, 3.05) is 7.05 Å². The van der Waals surface area contributed by atoms with Gasteiger partial charge in [0.05, 0.1) is 0 Å². The van der Waals surface area contributed by atoms with Crippen molar-refractivity contribution < 1.29 is 5.21 Å². The lowest BCUT2D eigenvalue weighted by molar-refractivity contribution is 0.235. The van der Waals surface area contributed by atoms with E-state index in [1.54, 1.807) is 7.05 Å². The Balaban J connectivity index is 3.02. The van der Waals surface area contributed by atoms with Crippen LogP contribution in [0, 0.1) is 6.92 Å². The summed E-state index contributed by atoms with van der Waals surface area (Å²) in [5.41, 5.74) is 4.08. The lowest BCUT2D eigenvalue weighted by Gasteiger charge is -2.03. The first kappa shape index (κ1) is 8.74. The van der Waals surface area contributed by atoms with Crippen molar-refractivity contribution in [2.45, 2.75) is 6.92 Å². The Morgan fingerprint density at radius 3 is 2.75 bits per heavy atom. The van der Waals surface area contributed by atoms with Gasteiger partial charge in [0.2, 0.25) is 0 Å². The summed E-state index contributed by atoms with van der Waals surface area (Å²) < 4.78 is 0. The highest BCUT2D eigenvalue weighted by atomic mass is 16.5. The van der Waals surface area contributed by atoms with Crippen molar-refractivity contribution in [3.8, 4) is 0 Å². The number of amidine groups is 1. The van der Waals surface area contributed by atoms with E-state index in [9.17, 15) is 0 Å². The average Bonchev–Trinajstić information content (AvgIpc) is 2.07. The summed E-state index contributed by atoms with van der Waals surface area (Å²) in [4.78, 5) is 3.87. The number of nitrogens with one attached hydrogen (secondary N) is 1. The van der Waals surface area contributed by atoms with Crippen LogP contribution < -0.4 is 5.48 Å². The summed E-state index contributed by atoms with van der Waals surface area (Å²) in [6.45, 7) is 1.99. The molecule has 12 heavy (non-hydrogen) atoms. The molecule has 0 aliphatic rings. The summed E-state index contributed by atoms with van der Waals surface area (Å²) in [6, 6.07) is 7.76. The third kappa shape index (κ3) is 1.83. The quantitative estimate of drug-likeness (QED) is 0.374. The van der Waals surface area contributed by atoms with Crippen LogP contribution in [0.15, 0.2) is 29.3 Å². The lowest BCUT2D eigenvalue weighted by Crippen LogP contribution is -2.19. The summed E-state index contributed by atoms with van der Waals surface area (Å²) in [7, 11) is 1.63. The molecule has 0 fully saturated rings. The van der Waals surface area contributed by atoms with Crippen molar-refractivity contribution in [3.05, 3.63) is 35.4 Å². The Morgan fingerprint density at radius 2 is 2.25 bits per heavy atom. The van der Waals surface area contributed by atoms with Crippen molar-refractivity contribution in [2.24, 2.45) is 4.99 Å². The van der Waals surface area contributed by atoms with Crippen LogP contribution in [0.1, 0.15) is 11.1 Å². The minimum absolute atomic E-state index is 0.485. The lowest BCUT2D eigenvalue weighted by atomic mass is 10.1. The van der Waals surface area contributed by atoms with E-state index in [1.165, 1.54) is 0 Å². The molecule has 1 aromatic carbocycles. The molecule has 1 aromatic rings. The van der Waals surface area contributed by atoms with Gasteiger partial charge in [0.25, 0.3) is 0 Å². The predicted molar refractivity (Wildman–Crippen MR) is 48.6 cm³/mol. The van der Waals surface area contributed by atoms with Gasteiger partial charge in [-0.25, -0.2) is 0 Å². The molecular weight excluding hydrogens is 152 g/mol. The minimum atomic E-state index is 0.485. The molecule has 0 radical (unpaired) electrons. The molecule has 0 saturated carbocycles. The first-order valence-electron chi connectivity index (χ1n) is 3.72. The van der Waals surface area contributed by atoms with Gasteiger partial charge in [0, 0.05) is 12.6 Å². The van der Waals surface area contributed by atoms with Gasteiger partial charge in [-0.15, -0.1) is 0 Å². The van der Waals surface area contributed by atoms with Crippen molar-refractivity contribution in [3.63, 3.8) is 0 Å². The molecule has 2 N–H and O–H groups in total. The maximum atomic E-state index is 8.69. The Kier molecular flexibility index (Phi) is 2.82. The first-order chi connectivity index (χ1) is 5.77. The third-order valence-corrected chi connectivity index (χ3v) is 1.62. The minimum Gasteiger partial charge on any atom is -0.290 e. The highest BCUT2D eigenvalue weighted by Gasteiger charge is 1.99. The topological polar surface area (TPSA) is 44.6 Å². The Labute approximate surface area is 71.7 Å². The fourth-order valence-corrected chi connectivity index (χ4v) is 1.04. The largest absolute Gasteiger partial charge is 0.290 e. The molecule has 64 valence electrons. The fraction of sp³-hybridized carbons (Fsp3) is 0.222. The third-order valence-electron chi connectivity index (χ3n) is 1.62. The van der Waals surface area contributed by atoms with E-state index in [4.69, 9.17) is 5.21 Å². The number of aliphatic imine (C=N–C) groups is 1. The van der Waals surface area contributed by atoms with Gasteiger partial charge in [-0.3, -0.25) is 15.7 Å². The zero-order valence-electron chi connectivity index (χ0n) is 7.20. The fourth-order valence-electron chi connectivity index (χ4n) is 1.04. The molecule has 0 aromatic heterocycles. The zero-order chi connectivity index (χ0) is 8.97. The molecule has 0 unspecified atom stereocenters. The van der Waals surface area contributed by atoms with E-state index >= 15 is 0 Å². The van der Waals surface area contributed by atoms with Crippen LogP contribution in [0.2, 0.25) is 0 Å². The van der Waals surface area contributed by atoms with Crippen LogP contribution in [-0.2, 0) is 0 Å². The molecule has 0 aliphatic heterocycles. The number of hydrogen-bond donors (Lipinski definition) is 2. The first-order valence-corrected chi connectivity index (χ1v) is 3.72. The number of nitrogens with zero attached hydrogens (tertiary/aromatic N) is 1. The van der Waals surface area contributed by atoms with Crippen molar-refractivity contribution in [1.82, 2.24) is 5.48 Å². The van der Waals surface area contributed by atoms with Gasteiger partial charge in [-0.05, 0) is 13.0 Å². The van der Waals surface area contributed by atoms with Crippen LogP contribution in [0.25, 0.3) is 0 Å². The molecule has 3 nitrogen and oxygen atoms in total. The van der Waals surface area contributed by atoms with Gasteiger partial charge in [-0.1, -0.05) is 23.8 Å². The maximum absolute atomic E-state index is 8.69. The number of hydrogen-bond acceptors (Lipinski definition) is 2. The molecule has 1 rings (SSSR count). The van der Waals surface area contributed by atoms with E-state index in [0.29, 0.717) is 5.84 Å². The summed E-state index contributed by atoms with van der Waals surface area (Å²) in [5, 5.41) is 8.69. The van der Waals surface area contributed by atoms with Crippen LogP contribution in [0.3, 0.4) is 0 Å². The number of rotatable bonds is 1. The molecule has 0 atom stereocenters. The maximum Gasteiger partial charge on any atom is 0.151 e. The van der Waals surface area contributed by atoms with Crippen LogP contribution >= 0.6 is 0 Å². The van der Waals surface area contributed by atoms with E-state index in [-0.39, 0.29) is 0 Å². The molecule has 0 heterocycles. The zero-order valence-corrected chi connectivity index (χ0v) is 7.20. The number of aryl methyl sites for hydroxylation is 1. The molecule has 0 bridgehead atoms. The van der Waals surface area contributed by atoms with Crippen molar-refractivity contribution >= 4 is 5.84 Å². The molecule has 0 amide bonds. The molecular formula is C9H12N2O. The second-order valence-corrected chi connectivity index (χ2v) is 2.55.